The van der Waals surface area contributed by atoms with Crippen LogP contribution < -0.4 is 0 Å². The summed E-state index contributed by atoms with van der Waals surface area (Å²) in [6.45, 7) is 0. The lowest BCUT2D eigenvalue weighted by Gasteiger charge is -2.29. The number of methoxy groups -OCH3 is 4. The number of carbonyl (C=O) groups excluding carboxylic acids is 2. The summed E-state index contributed by atoms with van der Waals surface area (Å²) in [6.07, 6.45) is 2.54. The maximum Gasteiger partial charge on any atom is 0.337 e. The average molecular weight is 242 g/mol. The van der Waals surface area contributed by atoms with Crippen LogP contribution >= 0.6 is 0 Å². The lowest BCUT2D eigenvalue weighted by molar-refractivity contribution is -0.185. The van der Waals surface area contributed by atoms with E-state index in [0.717, 1.165) is 0 Å². The summed E-state index contributed by atoms with van der Waals surface area (Å²) >= 11 is 0. The van der Waals surface area contributed by atoms with Gasteiger partial charge >= 0.3 is 5.97 Å². The van der Waals surface area contributed by atoms with Gasteiger partial charge in [-0.1, -0.05) is 0 Å². The van der Waals surface area contributed by atoms with Crippen LogP contribution in [0.2, 0.25) is 0 Å². The van der Waals surface area contributed by atoms with Crippen LogP contribution in [-0.2, 0) is 28.5 Å². The van der Waals surface area contributed by atoms with Crippen LogP contribution in [0.25, 0.3) is 0 Å². The van der Waals surface area contributed by atoms with Crippen molar-refractivity contribution >= 4 is 11.8 Å². The molecule has 0 atom stereocenters. The van der Waals surface area contributed by atoms with Crippen LogP contribution in [0, 0.1) is 0 Å². The Labute approximate surface area is 98.8 Å². The van der Waals surface area contributed by atoms with Crippen molar-refractivity contribution in [3.05, 3.63) is 23.5 Å². The number of ether oxygens (including phenoxy) is 4. The molecule has 1 aliphatic rings. The summed E-state index contributed by atoms with van der Waals surface area (Å²) in [7, 11) is 5.15. The predicted molar refractivity (Wildman–Crippen MR) is 56.9 cm³/mol. The Morgan fingerprint density at radius 2 is 1.76 bits per heavy atom. The Kier molecular flexibility index (Phi) is 4.03. The lowest BCUT2D eigenvalue weighted by Crippen LogP contribution is -2.44. The molecule has 0 aromatic rings. The van der Waals surface area contributed by atoms with Gasteiger partial charge < -0.3 is 18.9 Å². The number of rotatable bonds is 4. The van der Waals surface area contributed by atoms with E-state index >= 15 is 0 Å². The summed E-state index contributed by atoms with van der Waals surface area (Å²) in [5.41, 5.74) is 0.132. The van der Waals surface area contributed by atoms with Gasteiger partial charge in [0.05, 0.1) is 19.8 Å². The van der Waals surface area contributed by atoms with Gasteiger partial charge in [-0.3, -0.25) is 4.79 Å². The SMILES string of the molecule is COC(=O)C1=CC(OC)(OC)C(=O)C(OC)=C1. The minimum Gasteiger partial charge on any atom is -0.493 e. The third kappa shape index (κ3) is 2.22. The molecule has 6 nitrogen and oxygen atoms in total. The maximum atomic E-state index is 12.0. The van der Waals surface area contributed by atoms with E-state index < -0.39 is 17.5 Å². The second-order valence-electron chi connectivity index (χ2n) is 3.21. The third-order valence-electron chi connectivity index (χ3n) is 2.42. The van der Waals surface area contributed by atoms with Crippen LogP contribution in [0.4, 0.5) is 0 Å². The topological polar surface area (TPSA) is 71.1 Å². The Hall–Kier alpha value is -1.66. The van der Waals surface area contributed by atoms with E-state index in [9.17, 15) is 9.59 Å². The van der Waals surface area contributed by atoms with Gasteiger partial charge in [0, 0.05) is 14.2 Å². The second kappa shape index (κ2) is 5.11. The zero-order valence-electron chi connectivity index (χ0n) is 10.1. The van der Waals surface area contributed by atoms with Gasteiger partial charge in [-0.2, -0.15) is 0 Å². The van der Waals surface area contributed by atoms with Crippen molar-refractivity contribution in [3.8, 4) is 0 Å². The molecule has 0 saturated carbocycles. The second-order valence-corrected chi connectivity index (χ2v) is 3.21. The van der Waals surface area contributed by atoms with Crippen molar-refractivity contribution in [2.45, 2.75) is 5.79 Å². The lowest BCUT2D eigenvalue weighted by atomic mass is 9.98. The summed E-state index contributed by atoms with van der Waals surface area (Å²) < 4.78 is 19.5. The number of carbonyl (C=O) groups is 2. The molecule has 6 heteroatoms. The molecule has 0 saturated heterocycles. The normalized spacial score (nSPS) is 18.2. The van der Waals surface area contributed by atoms with Gasteiger partial charge in [0.25, 0.3) is 11.6 Å². The molecule has 0 heterocycles. The Morgan fingerprint density at radius 3 is 2.18 bits per heavy atom. The quantitative estimate of drug-likeness (QED) is 0.517. The van der Waals surface area contributed by atoms with Crippen LogP contribution in [0.15, 0.2) is 23.5 Å². The van der Waals surface area contributed by atoms with E-state index in [-0.39, 0.29) is 11.3 Å². The molecule has 0 bridgehead atoms. The minimum absolute atomic E-state index is 0.0309. The molecular weight excluding hydrogens is 228 g/mol. The number of esters is 1. The number of Topliss-reactive ketones (excluding diaryl/α,β-unsaturated/α-hetero) is 1. The molecule has 0 amide bonds. The molecular formula is C11H14O6. The van der Waals surface area contributed by atoms with Gasteiger partial charge in [0.1, 0.15) is 0 Å². The molecule has 0 spiro atoms. The molecule has 0 aliphatic heterocycles. The number of hydrogen-bond donors (Lipinski definition) is 0. The largest absolute Gasteiger partial charge is 0.493 e. The fourth-order valence-electron chi connectivity index (χ4n) is 1.46. The molecule has 94 valence electrons. The summed E-state index contributed by atoms with van der Waals surface area (Å²) in [5.74, 6) is -2.80. The van der Waals surface area contributed by atoms with Gasteiger partial charge in [0.15, 0.2) is 5.76 Å². The van der Waals surface area contributed by atoms with E-state index in [1.54, 1.807) is 0 Å². The summed E-state index contributed by atoms with van der Waals surface area (Å²) in [4.78, 5) is 23.4. The first-order valence-electron chi connectivity index (χ1n) is 4.76. The van der Waals surface area contributed by atoms with E-state index in [2.05, 4.69) is 4.74 Å². The van der Waals surface area contributed by atoms with Gasteiger partial charge in [-0.05, 0) is 12.2 Å². The van der Waals surface area contributed by atoms with Crippen molar-refractivity contribution in [3.63, 3.8) is 0 Å². The van der Waals surface area contributed by atoms with Crippen molar-refractivity contribution < 1.29 is 28.5 Å². The standard InChI is InChI=1S/C11H14O6/c1-14-8-5-7(10(13)15-2)6-11(16-3,17-4)9(8)12/h5-6H,1-4H3. The highest BCUT2D eigenvalue weighted by molar-refractivity contribution is 6.06. The molecule has 0 unspecified atom stereocenters. The Bertz CT molecular complexity index is 389. The fourth-order valence-corrected chi connectivity index (χ4v) is 1.46. The van der Waals surface area contributed by atoms with E-state index in [1.165, 1.54) is 40.6 Å². The number of ketones is 1. The van der Waals surface area contributed by atoms with Gasteiger partial charge in [-0.15, -0.1) is 0 Å². The Morgan fingerprint density at radius 1 is 1.18 bits per heavy atom. The van der Waals surface area contributed by atoms with E-state index in [1.807, 2.05) is 0 Å². The van der Waals surface area contributed by atoms with Crippen LogP contribution in [0.5, 0.6) is 0 Å². The molecule has 1 rings (SSSR count). The highest BCUT2D eigenvalue weighted by Gasteiger charge is 2.43. The molecule has 0 radical (unpaired) electrons. The monoisotopic (exact) mass is 242 g/mol. The first-order chi connectivity index (χ1) is 8.04. The average Bonchev–Trinajstić information content (AvgIpc) is 2.38. The molecule has 0 N–H and O–H groups in total. The highest BCUT2D eigenvalue weighted by atomic mass is 16.7. The summed E-state index contributed by atoms with van der Waals surface area (Å²) in [6, 6.07) is 0. The van der Waals surface area contributed by atoms with Gasteiger partial charge in [0.2, 0.25) is 0 Å². The van der Waals surface area contributed by atoms with Crippen LogP contribution in [0.1, 0.15) is 0 Å². The highest BCUT2D eigenvalue weighted by Crippen LogP contribution is 2.27. The van der Waals surface area contributed by atoms with Crippen molar-refractivity contribution in [1.82, 2.24) is 0 Å². The molecule has 0 aromatic heterocycles. The van der Waals surface area contributed by atoms with Crippen molar-refractivity contribution in [2.75, 3.05) is 28.4 Å². The molecule has 0 fully saturated rings. The smallest absolute Gasteiger partial charge is 0.337 e. The Balaban J connectivity index is 3.27. The molecule has 17 heavy (non-hydrogen) atoms. The van der Waals surface area contributed by atoms with Crippen molar-refractivity contribution in [1.29, 1.82) is 0 Å². The summed E-state index contributed by atoms with van der Waals surface area (Å²) in [5, 5.41) is 0. The molecule has 1 aliphatic carbocycles. The van der Waals surface area contributed by atoms with Crippen LogP contribution in [-0.4, -0.2) is 46.0 Å². The van der Waals surface area contributed by atoms with E-state index in [0.29, 0.717) is 0 Å². The molecule has 0 aromatic carbocycles. The first kappa shape index (κ1) is 13.4. The number of hydrogen-bond acceptors (Lipinski definition) is 6. The minimum atomic E-state index is -1.65. The van der Waals surface area contributed by atoms with Crippen molar-refractivity contribution in [2.24, 2.45) is 0 Å². The van der Waals surface area contributed by atoms with Gasteiger partial charge in [-0.25, -0.2) is 4.79 Å². The third-order valence-corrected chi connectivity index (χ3v) is 2.42. The first-order valence-corrected chi connectivity index (χ1v) is 4.76. The maximum absolute atomic E-state index is 12.0. The fraction of sp³-hybridized carbons (Fsp3) is 0.455. The zero-order chi connectivity index (χ0) is 13.1. The zero-order valence-corrected chi connectivity index (χ0v) is 10.1. The van der Waals surface area contributed by atoms with Crippen LogP contribution in [0.3, 0.4) is 0 Å². The van der Waals surface area contributed by atoms with E-state index in [4.69, 9.17) is 14.2 Å². The predicted octanol–water partition coefficient (Wildman–Crippen LogP) is 0.188.